The maximum Gasteiger partial charge on any atom is 0.118 e. The molecular weight excluding hydrogens is 316 g/mol. The highest BCUT2D eigenvalue weighted by molar-refractivity contribution is 5.31. The van der Waals surface area contributed by atoms with Gasteiger partial charge in [0.1, 0.15) is 5.75 Å². The van der Waals surface area contributed by atoms with Gasteiger partial charge in [0.25, 0.3) is 0 Å². The number of aliphatic hydroxyl groups excluding tert-OH is 3. The lowest BCUT2D eigenvalue weighted by molar-refractivity contribution is 0.318. The van der Waals surface area contributed by atoms with Crippen LogP contribution in [-0.2, 0) is 6.42 Å². The average Bonchev–Trinajstić information content (AvgIpc) is 2.54. The van der Waals surface area contributed by atoms with Gasteiger partial charge in [-0.15, -0.1) is 0 Å². The van der Waals surface area contributed by atoms with Crippen molar-refractivity contribution in [2.24, 2.45) is 5.92 Å². The minimum absolute atomic E-state index is 0.250. The molecule has 4 N–H and O–H groups in total. The Morgan fingerprint density at radius 2 is 1.20 bits per heavy atom. The highest BCUT2D eigenvalue weighted by atomic mass is 16.3. The molecular formula is C21H42O4. The van der Waals surface area contributed by atoms with Gasteiger partial charge in [-0.2, -0.15) is 0 Å². The molecule has 4 nitrogen and oxygen atoms in total. The Morgan fingerprint density at radius 3 is 1.64 bits per heavy atom. The number of aromatic hydroxyl groups is 1. The minimum Gasteiger partial charge on any atom is -0.508 e. The highest BCUT2D eigenvalue weighted by Crippen LogP contribution is 2.19. The van der Waals surface area contributed by atoms with Gasteiger partial charge >= 0.3 is 0 Å². The largest absolute Gasteiger partial charge is 0.508 e. The summed E-state index contributed by atoms with van der Waals surface area (Å²) in [5.74, 6) is 1.28. The van der Waals surface area contributed by atoms with Crippen LogP contribution in [0.25, 0.3) is 0 Å². The number of aryl methyl sites for hydroxylation is 1. The lowest BCUT2D eigenvalue weighted by Crippen LogP contribution is -1.89. The quantitative estimate of drug-likeness (QED) is 0.540. The van der Waals surface area contributed by atoms with Crippen molar-refractivity contribution in [3.05, 3.63) is 29.8 Å². The van der Waals surface area contributed by atoms with Crippen molar-refractivity contribution in [3.8, 4) is 5.75 Å². The molecule has 0 saturated heterocycles. The number of aliphatic hydroxyl groups is 3. The number of phenols is 1. The van der Waals surface area contributed by atoms with E-state index in [4.69, 9.17) is 15.3 Å². The normalized spacial score (nSPS) is 9.16. The molecule has 1 aromatic rings. The van der Waals surface area contributed by atoms with Gasteiger partial charge in [-0.05, 0) is 51.2 Å². The molecule has 0 heterocycles. The summed E-state index contributed by atoms with van der Waals surface area (Å²) in [7, 11) is 0. The summed E-state index contributed by atoms with van der Waals surface area (Å²) in [4.78, 5) is 0. The van der Waals surface area contributed by atoms with Crippen molar-refractivity contribution < 1.29 is 20.4 Å². The number of para-hydroxylation sites is 1. The van der Waals surface area contributed by atoms with Crippen molar-refractivity contribution in [2.75, 3.05) is 19.8 Å². The summed E-state index contributed by atoms with van der Waals surface area (Å²) in [6.07, 6.45) is 7.49. The van der Waals surface area contributed by atoms with E-state index in [9.17, 15) is 5.11 Å². The summed E-state index contributed by atoms with van der Waals surface area (Å²) in [5.41, 5.74) is 1.09. The van der Waals surface area contributed by atoms with Crippen molar-refractivity contribution in [3.63, 3.8) is 0 Å². The van der Waals surface area contributed by atoms with Crippen LogP contribution in [0.2, 0.25) is 0 Å². The highest BCUT2D eigenvalue weighted by Gasteiger charge is 1.99. The Hall–Kier alpha value is -1.10. The third kappa shape index (κ3) is 28.0. The smallest absolute Gasteiger partial charge is 0.118 e. The fourth-order valence-electron chi connectivity index (χ4n) is 1.94. The van der Waals surface area contributed by atoms with Gasteiger partial charge in [0.2, 0.25) is 0 Å². The van der Waals surface area contributed by atoms with Crippen LogP contribution in [-0.4, -0.2) is 40.2 Å². The first-order chi connectivity index (χ1) is 11.9. The maximum absolute atomic E-state index is 9.59. The van der Waals surface area contributed by atoms with Crippen molar-refractivity contribution in [1.29, 1.82) is 0 Å². The zero-order chi connectivity index (χ0) is 19.9. The van der Waals surface area contributed by atoms with Crippen LogP contribution < -0.4 is 0 Å². The van der Waals surface area contributed by atoms with Gasteiger partial charge in [-0.25, -0.2) is 0 Å². The third-order valence-electron chi connectivity index (χ3n) is 2.97. The Kier molecular flexibility index (Phi) is 28.9. The van der Waals surface area contributed by atoms with Crippen LogP contribution in [0, 0.1) is 5.92 Å². The molecule has 150 valence electrons. The van der Waals surface area contributed by atoms with E-state index < -0.39 is 0 Å². The number of unbranched alkanes of at least 4 members (excludes halogenated alkanes) is 3. The number of rotatable bonds is 7. The van der Waals surface area contributed by atoms with Crippen molar-refractivity contribution >= 4 is 0 Å². The van der Waals surface area contributed by atoms with E-state index in [2.05, 4.69) is 13.8 Å². The molecule has 0 amide bonds. The number of benzene rings is 1. The first-order valence-electron chi connectivity index (χ1n) is 9.54. The second-order valence-electron chi connectivity index (χ2n) is 5.92. The standard InChI is InChI=1S/C15H24O.3C2H6O/c1-13(2)9-5-3-4-6-10-14-11-7-8-12-15(14)16;3*1-2-3/h7-8,11-13,16H,3-6,9-10H2,1-2H3;3*3H,2H2,1H3. The van der Waals surface area contributed by atoms with E-state index in [1.165, 1.54) is 32.1 Å². The summed E-state index contributed by atoms with van der Waals surface area (Å²) in [6.45, 7) is 10.4. The lowest BCUT2D eigenvalue weighted by atomic mass is 10.0. The summed E-state index contributed by atoms with van der Waals surface area (Å²) >= 11 is 0. The Balaban J connectivity index is -0.000000451. The zero-order valence-corrected chi connectivity index (χ0v) is 17.0. The third-order valence-corrected chi connectivity index (χ3v) is 2.97. The van der Waals surface area contributed by atoms with Crippen LogP contribution in [0.3, 0.4) is 0 Å². The monoisotopic (exact) mass is 358 g/mol. The van der Waals surface area contributed by atoms with E-state index in [1.807, 2.05) is 18.2 Å². The summed E-state index contributed by atoms with van der Waals surface area (Å²) < 4.78 is 0. The molecule has 0 spiro atoms. The van der Waals surface area contributed by atoms with Gasteiger partial charge in [-0.1, -0.05) is 57.7 Å². The second kappa shape index (κ2) is 25.1. The van der Waals surface area contributed by atoms with Gasteiger partial charge in [0, 0.05) is 19.8 Å². The molecule has 0 fully saturated rings. The van der Waals surface area contributed by atoms with E-state index in [1.54, 1.807) is 26.8 Å². The second-order valence-corrected chi connectivity index (χ2v) is 5.92. The molecule has 0 atom stereocenters. The van der Waals surface area contributed by atoms with Crippen LogP contribution >= 0.6 is 0 Å². The first kappa shape index (κ1) is 28.7. The zero-order valence-electron chi connectivity index (χ0n) is 17.0. The maximum atomic E-state index is 9.59. The predicted molar refractivity (Wildman–Crippen MR) is 108 cm³/mol. The number of hydrogen-bond donors (Lipinski definition) is 4. The first-order valence-corrected chi connectivity index (χ1v) is 9.54. The molecule has 0 aromatic heterocycles. The van der Waals surface area contributed by atoms with Crippen LogP contribution in [0.4, 0.5) is 0 Å². The van der Waals surface area contributed by atoms with Crippen LogP contribution in [0.15, 0.2) is 24.3 Å². The van der Waals surface area contributed by atoms with E-state index in [0.717, 1.165) is 17.9 Å². The molecule has 0 unspecified atom stereocenters. The number of hydrogen-bond acceptors (Lipinski definition) is 4. The van der Waals surface area contributed by atoms with Crippen LogP contribution in [0.5, 0.6) is 5.75 Å². The van der Waals surface area contributed by atoms with Gasteiger partial charge in [0.15, 0.2) is 0 Å². The molecule has 25 heavy (non-hydrogen) atoms. The molecule has 0 saturated carbocycles. The van der Waals surface area contributed by atoms with Gasteiger partial charge in [-0.3, -0.25) is 0 Å². The summed E-state index contributed by atoms with van der Waals surface area (Å²) in [5, 5.41) is 32.3. The predicted octanol–water partition coefficient (Wildman–Crippen LogP) is 4.54. The summed E-state index contributed by atoms with van der Waals surface area (Å²) in [6, 6.07) is 7.66. The SMILES string of the molecule is CC(C)CCCCCCc1ccccc1O.CCO.CCO.CCO. The Bertz CT molecular complexity index is 336. The Morgan fingerprint density at radius 1 is 0.760 bits per heavy atom. The van der Waals surface area contributed by atoms with E-state index in [-0.39, 0.29) is 19.8 Å². The molecule has 0 radical (unpaired) electrons. The van der Waals surface area contributed by atoms with E-state index in [0.29, 0.717) is 5.75 Å². The molecule has 0 aliphatic heterocycles. The van der Waals surface area contributed by atoms with Gasteiger partial charge < -0.3 is 20.4 Å². The molecule has 4 heteroatoms. The molecule has 0 aliphatic carbocycles. The molecule has 0 bridgehead atoms. The van der Waals surface area contributed by atoms with Gasteiger partial charge in [0.05, 0.1) is 0 Å². The average molecular weight is 359 g/mol. The fourth-order valence-corrected chi connectivity index (χ4v) is 1.94. The van der Waals surface area contributed by atoms with Crippen molar-refractivity contribution in [1.82, 2.24) is 0 Å². The van der Waals surface area contributed by atoms with Crippen molar-refractivity contribution in [2.45, 2.75) is 73.1 Å². The lowest BCUT2D eigenvalue weighted by Gasteiger charge is -2.05. The fraction of sp³-hybridized carbons (Fsp3) is 0.714. The minimum atomic E-state index is 0.250. The Labute approximate surface area is 155 Å². The topological polar surface area (TPSA) is 80.9 Å². The number of phenolic OH excluding ortho intramolecular Hbond substituents is 1. The molecule has 0 aliphatic rings. The molecule has 1 aromatic carbocycles. The molecule has 1 rings (SSSR count). The van der Waals surface area contributed by atoms with Crippen LogP contribution in [0.1, 0.15) is 72.3 Å². The van der Waals surface area contributed by atoms with E-state index >= 15 is 0 Å².